The van der Waals surface area contributed by atoms with Crippen LogP contribution in [0.15, 0.2) is 28.9 Å². The van der Waals surface area contributed by atoms with Crippen molar-refractivity contribution in [3.63, 3.8) is 0 Å². The van der Waals surface area contributed by atoms with Crippen molar-refractivity contribution in [1.29, 1.82) is 0 Å². The lowest BCUT2D eigenvalue weighted by Crippen LogP contribution is -2.15. The first-order valence-electron chi connectivity index (χ1n) is 6.04. The lowest BCUT2D eigenvalue weighted by atomic mass is 10.2. The number of pyridine rings is 2. The predicted octanol–water partition coefficient (Wildman–Crippen LogP) is 4.23. The number of aromatic nitrogens is 2. The molecule has 1 amide bonds. The van der Waals surface area contributed by atoms with Crippen molar-refractivity contribution in [2.45, 2.75) is 6.92 Å². The first-order valence-corrected chi connectivity index (χ1v) is 7.59. The second kappa shape index (κ2) is 7.06. The number of halogens is 3. The van der Waals surface area contributed by atoms with Crippen molar-refractivity contribution in [3.05, 3.63) is 44.7 Å². The SMILES string of the molecule is CCNc1nc(Cl)ccc1NC(=O)c1cc(Br)cnc1Cl. The smallest absolute Gasteiger partial charge is 0.258 e. The molecule has 0 aliphatic heterocycles. The number of amides is 1. The van der Waals surface area contributed by atoms with E-state index in [4.69, 9.17) is 23.2 Å². The number of rotatable bonds is 4. The number of nitrogens with zero attached hydrogens (tertiary/aromatic N) is 2. The molecule has 0 radical (unpaired) electrons. The lowest BCUT2D eigenvalue weighted by Gasteiger charge is -2.12. The minimum atomic E-state index is -0.378. The molecule has 0 atom stereocenters. The van der Waals surface area contributed by atoms with Gasteiger partial charge in [0.2, 0.25) is 0 Å². The van der Waals surface area contributed by atoms with Crippen LogP contribution in [0.25, 0.3) is 0 Å². The molecular weight excluding hydrogens is 379 g/mol. The summed E-state index contributed by atoms with van der Waals surface area (Å²) < 4.78 is 0.665. The van der Waals surface area contributed by atoms with E-state index in [1.54, 1.807) is 18.2 Å². The summed E-state index contributed by atoms with van der Waals surface area (Å²) in [6.45, 7) is 2.57. The topological polar surface area (TPSA) is 66.9 Å². The maximum atomic E-state index is 12.3. The van der Waals surface area contributed by atoms with E-state index < -0.39 is 0 Å². The molecule has 0 bridgehead atoms. The molecule has 0 fully saturated rings. The second-order valence-electron chi connectivity index (χ2n) is 4.01. The number of nitrogens with one attached hydrogen (secondary N) is 2. The van der Waals surface area contributed by atoms with Crippen LogP contribution in [0.3, 0.4) is 0 Å². The highest BCUT2D eigenvalue weighted by atomic mass is 79.9. The van der Waals surface area contributed by atoms with Crippen molar-refractivity contribution < 1.29 is 4.79 Å². The fraction of sp³-hybridized carbons (Fsp3) is 0.154. The first kappa shape index (κ1) is 16.0. The fourth-order valence-electron chi connectivity index (χ4n) is 1.61. The standard InChI is InChI=1S/C13H11BrCl2N4O/c1-2-17-12-9(3-4-10(15)20-12)19-13(21)8-5-7(14)6-18-11(8)16/h3-6H,2H2,1H3,(H,17,20)(H,19,21). The quantitative estimate of drug-likeness (QED) is 0.767. The number of anilines is 2. The van der Waals surface area contributed by atoms with Crippen LogP contribution in [0.2, 0.25) is 10.3 Å². The van der Waals surface area contributed by atoms with Gasteiger partial charge in [0.05, 0.1) is 11.3 Å². The van der Waals surface area contributed by atoms with Crippen LogP contribution in [-0.2, 0) is 0 Å². The number of hydrogen-bond acceptors (Lipinski definition) is 4. The van der Waals surface area contributed by atoms with Gasteiger partial charge < -0.3 is 10.6 Å². The summed E-state index contributed by atoms with van der Waals surface area (Å²) in [5.74, 6) is 0.120. The third-order valence-corrected chi connectivity index (χ3v) is 3.45. The largest absolute Gasteiger partial charge is 0.369 e. The van der Waals surface area contributed by atoms with Gasteiger partial charge >= 0.3 is 0 Å². The van der Waals surface area contributed by atoms with E-state index >= 15 is 0 Å². The highest BCUT2D eigenvalue weighted by Crippen LogP contribution is 2.24. The van der Waals surface area contributed by atoms with Gasteiger partial charge in [0.15, 0.2) is 5.82 Å². The zero-order valence-corrected chi connectivity index (χ0v) is 14.1. The monoisotopic (exact) mass is 388 g/mol. The van der Waals surface area contributed by atoms with Crippen LogP contribution in [0.5, 0.6) is 0 Å². The lowest BCUT2D eigenvalue weighted by molar-refractivity contribution is 0.102. The van der Waals surface area contributed by atoms with E-state index in [1.807, 2.05) is 6.92 Å². The summed E-state index contributed by atoms with van der Waals surface area (Å²) >= 11 is 15.0. The molecule has 2 aromatic rings. The highest BCUT2D eigenvalue weighted by molar-refractivity contribution is 9.10. The maximum absolute atomic E-state index is 12.3. The molecule has 2 aromatic heterocycles. The average Bonchev–Trinajstić information content (AvgIpc) is 2.44. The van der Waals surface area contributed by atoms with Crippen LogP contribution >= 0.6 is 39.1 Å². The van der Waals surface area contributed by atoms with Gasteiger partial charge in [-0.05, 0) is 41.1 Å². The Hall–Kier alpha value is -1.37. The minimum absolute atomic E-state index is 0.127. The Kier molecular flexibility index (Phi) is 5.39. The highest BCUT2D eigenvalue weighted by Gasteiger charge is 2.14. The van der Waals surface area contributed by atoms with Gasteiger partial charge in [-0.25, -0.2) is 9.97 Å². The molecule has 0 aliphatic carbocycles. The van der Waals surface area contributed by atoms with Gasteiger partial charge in [0.1, 0.15) is 10.3 Å². The van der Waals surface area contributed by atoms with E-state index in [0.717, 1.165) is 0 Å². The molecule has 0 aliphatic rings. The molecule has 0 unspecified atom stereocenters. The molecule has 0 aromatic carbocycles. The van der Waals surface area contributed by atoms with Gasteiger partial charge in [0.25, 0.3) is 5.91 Å². The third-order valence-electron chi connectivity index (χ3n) is 2.50. The molecular formula is C13H11BrCl2N4O. The van der Waals surface area contributed by atoms with Crippen LogP contribution in [0.4, 0.5) is 11.5 Å². The van der Waals surface area contributed by atoms with Gasteiger partial charge in [-0.2, -0.15) is 0 Å². The van der Waals surface area contributed by atoms with Crippen molar-refractivity contribution in [2.75, 3.05) is 17.2 Å². The summed E-state index contributed by atoms with van der Waals surface area (Å²) in [6.07, 6.45) is 1.52. The third kappa shape index (κ3) is 4.06. The Morgan fingerprint density at radius 1 is 1.38 bits per heavy atom. The van der Waals surface area contributed by atoms with Crippen molar-refractivity contribution in [2.24, 2.45) is 0 Å². The Morgan fingerprint density at radius 3 is 2.86 bits per heavy atom. The maximum Gasteiger partial charge on any atom is 0.258 e. The number of carbonyl (C=O) groups is 1. The Labute approximate surface area is 140 Å². The van der Waals surface area contributed by atoms with E-state index in [2.05, 4.69) is 36.5 Å². The zero-order valence-electron chi connectivity index (χ0n) is 11.0. The Morgan fingerprint density at radius 2 is 2.14 bits per heavy atom. The minimum Gasteiger partial charge on any atom is -0.369 e. The molecule has 0 saturated carbocycles. The molecule has 5 nitrogen and oxygen atoms in total. The molecule has 110 valence electrons. The van der Waals surface area contributed by atoms with Gasteiger partial charge in [-0.15, -0.1) is 0 Å². The van der Waals surface area contributed by atoms with E-state index in [-0.39, 0.29) is 16.6 Å². The van der Waals surface area contributed by atoms with Gasteiger partial charge in [-0.3, -0.25) is 4.79 Å². The molecule has 2 heterocycles. The zero-order chi connectivity index (χ0) is 15.4. The number of hydrogen-bond donors (Lipinski definition) is 2. The summed E-state index contributed by atoms with van der Waals surface area (Å²) in [5, 5.41) is 6.24. The van der Waals surface area contributed by atoms with Crippen molar-refractivity contribution in [3.8, 4) is 0 Å². The summed E-state index contributed by atoms with van der Waals surface area (Å²) in [7, 11) is 0. The van der Waals surface area contributed by atoms with E-state index in [1.165, 1.54) is 6.20 Å². The molecule has 0 spiro atoms. The Balaban J connectivity index is 2.29. The van der Waals surface area contributed by atoms with E-state index in [9.17, 15) is 4.79 Å². The average molecular weight is 390 g/mol. The van der Waals surface area contributed by atoms with Gasteiger partial charge in [0, 0.05) is 17.2 Å². The molecule has 2 rings (SSSR count). The molecule has 21 heavy (non-hydrogen) atoms. The normalized spacial score (nSPS) is 10.3. The van der Waals surface area contributed by atoms with Crippen molar-refractivity contribution >= 4 is 56.5 Å². The Bertz CT molecular complexity index is 681. The summed E-state index contributed by atoms with van der Waals surface area (Å²) in [6, 6.07) is 4.87. The van der Waals surface area contributed by atoms with E-state index in [0.29, 0.717) is 27.7 Å². The van der Waals surface area contributed by atoms with Crippen LogP contribution in [0, 0.1) is 0 Å². The predicted molar refractivity (Wildman–Crippen MR) is 88.3 cm³/mol. The number of carbonyl (C=O) groups excluding carboxylic acids is 1. The van der Waals surface area contributed by atoms with Crippen LogP contribution < -0.4 is 10.6 Å². The van der Waals surface area contributed by atoms with Gasteiger partial charge in [-0.1, -0.05) is 23.2 Å². The first-order chi connectivity index (χ1) is 10.0. The fourth-order valence-corrected chi connectivity index (χ4v) is 2.28. The van der Waals surface area contributed by atoms with Crippen LogP contribution in [-0.4, -0.2) is 22.4 Å². The summed E-state index contributed by atoms with van der Waals surface area (Å²) in [5.41, 5.74) is 0.783. The molecule has 8 heteroatoms. The second-order valence-corrected chi connectivity index (χ2v) is 5.67. The van der Waals surface area contributed by atoms with Crippen LogP contribution in [0.1, 0.15) is 17.3 Å². The van der Waals surface area contributed by atoms with Crippen molar-refractivity contribution in [1.82, 2.24) is 9.97 Å². The summed E-state index contributed by atoms with van der Waals surface area (Å²) in [4.78, 5) is 20.3. The molecule has 2 N–H and O–H groups in total. The molecule has 0 saturated heterocycles.